The van der Waals surface area contributed by atoms with Crippen LogP contribution in [0, 0.1) is 0 Å². The van der Waals surface area contributed by atoms with Crippen LogP contribution in [0.25, 0.3) is 0 Å². The highest BCUT2D eigenvalue weighted by molar-refractivity contribution is 7.20. The summed E-state index contributed by atoms with van der Waals surface area (Å²) < 4.78 is 0.706. The monoisotopic (exact) mass is 266 g/mol. The van der Waals surface area contributed by atoms with Gasteiger partial charge < -0.3 is 11.5 Å². The van der Waals surface area contributed by atoms with E-state index in [9.17, 15) is 9.59 Å². The standard InChI is InChI=1S/C8H8Cl2N2O2S/c9-6-1-3(7(10)15-6)5(13)2-4(11)8(12)14/h1,4H,2,11H2,(H2,12,14). The minimum Gasteiger partial charge on any atom is -0.368 e. The molecule has 4 N–H and O–H groups in total. The topological polar surface area (TPSA) is 86.2 Å². The quantitative estimate of drug-likeness (QED) is 0.809. The van der Waals surface area contributed by atoms with Gasteiger partial charge in [-0.2, -0.15) is 0 Å². The first-order valence-electron chi connectivity index (χ1n) is 3.94. The lowest BCUT2D eigenvalue weighted by Gasteiger charge is -2.04. The van der Waals surface area contributed by atoms with Crippen molar-refractivity contribution in [3.8, 4) is 0 Å². The molecule has 1 unspecified atom stereocenters. The van der Waals surface area contributed by atoms with E-state index in [1.165, 1.54) is 6.07 Å². The number of hydrogen-bond donors (Lipinski definition) is 2. The molecule has 1 atom stereocenters. The molecule has 4 nitrogen and oxygen atoms in total. The SMILES string of the molecule is NC(=O)C(N)CC(=O)c1cc(Cl)sc1Cl. The number of primary amides is 1. The maximum atomic E-state index is 11.6. The molecule has 1 amide bonds. The van der Waals surface area contributed by atoms with Gasteiger partial charge in [-0.3, -0.25) is 9.59 Å². The van der Waals surface area contributed by atoms with E-state index in [1.807, 2.05) is 0 Å². The van der Waals surface area contributed by atoms with Gasteiger partial charge in [0.1, 0.15) is 4.34 Å². The maximum absolute atomic E-state index is 11.6. The molecule has 0 bridgehead atoms. The first kappa shape index (κ1) is 12.4. The van der Waals surface area contributed by atoms with Crippen molar-refractivity contribution in [2.45, 2.75) is 12.5 Å². The van der Waals surface area contributed by atoms with Crippen LogP contribution in [0.2, 0.25) is 8.67 Å². The van der Waals surface area contributed by atoms with E-state index < -0.39 is 11.9 Å². The van der Waals surface area contributed by atoms with Gasteiger partial charge in [0.2, 0.25) is 5.91 Å². The van der Waals surface area contributed by atoms with E-state index in [4.69, 9.17) is 34.7 Å². The lowest BCUT2D eigenvalue weighted by molar-refractivity contribution is -0.119. The molecule has 0 radical (unpaired) electrons. The summed E-state index contributed by atoms with van der Waals surface area (Å²) >= 11 is 12.5. The van der Waals surface area contributed by atoms with Gasteiger partial charge in [0.15, 0.2) is 5.78 Å². The van der Waals surface area contributed by atoms with Crippen molar-refractivity contribution in [1.82, 2.24) is 0 Å². The number of carbonyl (C=O) groups excluding carboxylic acids is 2. The lowest BCUT2D eigenvalue weighted by atomic mass is 10.1. The van der Waals surface area contributed by atoms with Crippen LogP contribution in [0.3, 0.4) is 0 Å². The molecule has 0 aliphatic rings. The second-order valence-corrected chi connectivity index (χ2v) is 5.16. The Kier molecular flexibility index (Phi) is 4.10. The molecule has 0 fully saturated rings. The summed E-state index contributed by atoms with van der Waals surface area (Å²) in [5.41, 5.74) is 10.6. The largest absolute Gasteiger partial charge is 0.368 e. The van der Waals surface area contributed by atoms with Crippen molar-refractivity contribution in [3.63, 3.8) is 0 Å². The summed E-state index contributed by atoms with van der Waals surface area (Å²) in [6.45, 7) is 0. The number of thiophene rings is 1. The molecule has 1 aromatic rings. The Balaban J connectivity index is 2.77. The van der Waals surface area contributed by atoms with Crippen molar-refractivity contribution < 1.29 is 9.59 Å². The molecule has 0 saturated carbocycles. The Morgan fingerprint density at radius 2 is 2.07 bits per heavy atom. The van der Waals surface area contributed by atoms with Crippen LogP contribution < -0.4 is 11.5 Å². The molecule has 0 saturated heterocycles. The summed E-state index contributed by atoms with van der Waals surface area (Å²) in [5.74, 6) is -1.06. The van der Waals surface area contributed by atoms with Gasteiger partial charge in [-0.25, -0.2) is 0 Å². The number of ketones is 1. The molecule has 15 heavy (non-hydrogen) atoms. The van der Waals surface area contributed by atoms with Gasteiger partial charge in [0, 0.05) is 12.0 Å². The molecule has 1 aromatic heterocycles. The van der Waals surface area contributed by atoms with E-state index in [2.05, 4.69) is 0 Å². The van der Waals surface area contributed by atoms with Gasteiger partial charge in [-0.15, -0.1) is 11.3 Å². The number of nitrogens with two attached hydrogens (primary N) is 2. The van der Waals surface area contributed by atoms with Crippen LogP contribution in [-0.2, 0) is 4.79 Å². The molecule has 0 aliphatic heterocycles. The third-order valence-electron chi connectivity index (χ3n) is 1.73. The Morgan fingerprint density at radius 1 is 1.47 bits per heavy atom. The summed E-state index contributed by atoms with van der Waals surface area (Å²) in [4.78, 5) is 22.2. The van der Waals surface area contributed by atoms with Crippen LogP contribution in [0.1, 0.15) is 16.8 Å². The number of hydrogen-bond acceptors (Lipinski definition) is 4. The fraction of sp³-hybridized carbons (Fsp3) is 0.250. The van der Waals surface area contributed by atoms with E-state index in [0.717, 1.165) is 11.3 Å². The number of rotatable bonds is 4. The van der Waals surface area contributed by atoms with Crippen LogP contribution in [0.5, 0.6) is 0 Å². The summed E-state index contributed by atoms with van der Waals surface area (Å²) in [6.07, 6.45) is -0.165. The highest BCUT2D eigenvalue weighted by Crippen LogP contribution is 2.31. The fourth-order valence-corrected chi connectivity index (χ4v) is 2.44. The number of amides is 1. The van der Waals surface area contributed by atoms with Gasteiger partial charge in [0.05, 0.1) is 10.4 Å². The highest BCUT2D eigenvalue weighted by Gasteiger charge is 2.19. The first-order valence-corrected chi connectivity index (χ1v) is 5.52. The van der Waals surface area contributed by atoms with Crippen molar-refractivity contribution in [2.75, 3.05) is 0 Å². The molecular weight excluding hydrogens is 259 g/mol. The molecular formula is C8H8Cl2N2O2S. The first-order chi connectivity index (χ1) is 6.91. The molecule has 1 rings (SSSR count). The smallest absolute Gasteiger partial charge is 0.234 e. The normalized spacial score (nSPS) is 12.5. The van der Waals surface area contributed by atoms with Crippen LogP contribution in [0.15, 0.2) is 6.07 Å². The second kappa shape index (κ2) is 4.94. The summed E-state index contributed by atoms with van der Waals surface area (Å²) in [7, 11) is 0. The average molecular weight is 267 g/mol. The third kappa shape index (κ3) is 3.17. The van der Waals surface area contributed by atoms with E-state index >= 15 is 0 Å². The fourth-order valence-electron chi connectivity index (χ4n) is 0.941. The average Bonchev–Trinajstić information content (AvgIpc) is 2.44. The molecule has 0 aromatic carbocycles. The number of halogens is 2. The van der Waals surface area contributed by atoms with Crippen molar-refractivity contribution in [1.29, 1.82) is 0 Å². The van der Waals surface area contributed by atoms with Crippen LogP contribution in [-0.4, -0.2) is 17.7 Å². The second-order valence-electron chi connectivity index (χ2n) is 2.87. The van der Waals surface area contributed by atoms with Crippen LogP contribution in [0.4, 0.5) is 0 Å². The van der Waals surface area contributed by atoms with E-state index in [1.54, 1.807) is 0 Å². The summed E-state index contributed by atoms with van der Waals surface area (Å²) in [5, 5.41) is 0. The van der Waals surface area contributed by atoms with Crippen molar-refractivity contribution in [3.05, 3.63) is 20.3 Å². The van der Waals surface area contributed by atoms with Gasteiger partial charge >= 0.3 is 0 Å². The van der Waals surface area contributed by atoms with Gasteiger partial charge in [0.25, 0.3) is 0 Å². The third-order valence-corrected chi connectivity index (χ3v) is 3.22. The van der Waals surface area contributed by atoms with Gasteiger partial charge in [-0.1, -0.05) is 23.2 Å². The molecule has 82 valence electrons. The lowest BCUT2D eigenvalue weighted by Crippen LogP contribution is -2.38. The van der Waals surface area contributed by atoms with Crippen molar-refractivity contribution >= 4 is 46.2 Å². The zero-order valence-corrected chi connectivity index (χ0v) is 9.83. The van der Waals surface area contributed by atoms with Gasteiger partial charge in [-0.05, 0) is 6.07 Å². The van der Waals surface area contributed by atoms with Crippen molar-refractivity contribution in [2.24, 2.45) is 11.5 Å². The summed E-state index contributed by atoms with van der Waals surface area (Å²) in [6, 6.07) is 0.456. The maximum Gasteiger partial charge on any atom is 0.234 e. The Hall–Kier alpha value is -0.620. The number of Topliss-reactive ketones (excluding diaryl/α,β-unsaturated/α-hetero) is 1. The Labute approximate surface area is 100 Å². The molecule has 0 aliphatic carbocycles. The predicted octanol–water partition coefficient (Wildman–Crippen LogP) is 1.44. The predicted molar refractivity (Wildman–Crippen MR) is 60.5 cm³/mol. The molecule has 7 heteroatoms. The Bertz CT molecular complexity index is 405. The minimum absolute atomic E-state index is 0.165. The highest BCUT2D eigenvalue weighted by atomic mass is 35.5. The zero-order chi connectivity index (χ0) is 11.6. The van der Waals surface area contributed by atoms with E-state index in [0.29, 0.717) is 8.67 Å². The number of carbonyl (C=O) groups is 2. The molecule has 0 spiro atoms. The molecule has 1 heterocycles. The minimum atomic E-state index is -0.993. The van der Waals surface area contributed by atoms with E-state index in [-0.39, 0.29) is 17.8 Å². The van der Waals surface area contributed by atoms with Crippen LogP contribution >= 0.6 is 34.5 Å². The zero-order valence-electron chi connectivity index (χ0n) is 7.50. The Morgan fingerprint density at radius 3 is 2.47 bits per heavy atom.